The summed E-state index contributed by atoms with van der Waals surface area (Å²) in [4.78, 5) is 28.8. The molecule has 1 aromatic carbocycles. The van der Waals surface area contributed by atoms with Crippen molar-refractivity contribution < 1.29 is 9.59 Å². The van der Waals surface area contributed by atoms with Crippen molar-refractivity contribution in [3.05, 3.63) is 35.9 Å². The van der Waals surface area contributed by atoms with E-state index < -0.39 is 0 Å². The van der Waals surface area contributed by atoms with E-state index in [-0.39, 0.29) is 17.9 Å². The number of piperazine rings is 1. The molecule has 1 saturated heterocycles. The highest BCUT2D eigenvalue weighted by molar-refractivity contribution is 5.79. The molecule has 0 spiro atoms. The van der Waals surface area contributed by atoms with Crippen LogP contribution in [0.2, 0.25) is 0 Å². The van der Waals surface area contributed by atoms with Gasteiger partial charge in [0, 0.05) is 32.2 Å². The van der Waals surface area contributed by atoms with Crippen molar-refractivity contribution in [1.82, 2.24) is 20.4 Å². The number of nitrogens with one attached hydrogen (secondary N) is 2. The minimum absolute atomic E-state index is 0.0797. The predicted molar refractivity (Wildman–Crippen MR) is 106 cm³/mol. The Morgan fingerprint density at radius 1 is 1.00 bits per heavy atom. The van der Waals surface area contributed by atoms with E-state index in [1.54, 1.807) is 0 Å². The molecule has 2 aliphatic rings. The highest BCUT2D eigenvalue weighted by Crippen LogP contribution is 2.19. The van der Waals surface area contributed by atoms with Crippen LogP contribution in [0.15, 0.2) is 30.3 Å². The Balaban J connectivity index is 1.39. The number of amides is 2. The van der Waals surface area contributed by atoms with Crippen LogP contribution in [0.3, 0.4) is 0 Å². The molecular weight excluding hydrogens is 340 g/mol. The van der Waals surface area contributed by atoms with Crippen LogP contribution in [-0.4, -0.2) is 66.9 Å². The number of benzene rings is 1. The molecule has 6 heteroatoms. The minimum Gasteiger partial charge on any atom is -0.352 e. The van der Waals surface area contributed by atoms with Crippen molar-refractivity contribution in [3.8, 4) is 0 Å². The third-order valence-electron chi connectivity index (χ3n) is 5.26. The highest BCUT2D eigenvalue weighted by Gasteiger charge is 2.26. The van der Waals surface area contributed by atoms with Gasteiger partial charge >= 0.3 is 0 Å². The van der Waals surface area contributed by atoms with E-state index in [9.17, 15) is 9.59 Å². The van der Waals surface area contributed by atoms with E-state index in [1.807, 2.05) is 18.2 Å². The molecule has 1 aliphatic carbocycles. The fourth-order valence-corrected chi connectivity index (χ4v) is 3.55. The molecule has 0 radical (unpaired) electrons. The lowest BCUT2D eigenvalue weighted by Crippen LogP contribution is -2.51. The summed E-state index contributed by atoms with van der Waals surface area (Å²) in [7, 11) is 0. The van der Waals surface area contributed by atoms with Crippen molar-refractivity contribution in [3.63, 3.8) is 0 Å². The molecule has 1 saturated carbocycles. The van der Waals surface area contributed by atoms with Gasteiger partial charge < -0.3 is 10.6 Å². The molecule has 3 rings (SSSR count). The first kappa shape index (κ1) is 19.8. The number of carbonyl (C=O) groups is 2. The number of hydrogen-bond donors (Lipinski definition) is 2. The van der Waals surface area contributed by atoms with Crippen molar-refractivity contribution >= 4 is 11.8 Å². The molecule has 2 fully saturated rings. The van der Waals surface area contributed by atoms with E-state index in [4.69, 9.17) is 0 Å². The maximum Gasteiger partial charge on any atom is 0.234 e. The van der Waals surface area contributed by atoms with E-state index in [0.717, 1.165) is 51.9 Å². The Labute approximate surface area is 162 Å². The van der Waals surface area contributed by atoms with Crippen LogP contribution < -0.4 is 10.6 Å². The van der Waals surface area contributed by atoms with Crippen LogP contribution in [0.1, 0.15) is 44.2 Å². The van der Waals surface area contributed by atoms with Gasteiger partial charge in [-0.05, 0) is 24.8 Å². The first-order valence-corrected chi connectivity index (χ1v) is 10.2. The average molecular weight is 373 g/mol. The van der Waals surface area contributed by atoms with Gasteiger partial charge in [-0.25, -0.2) is 0 Å². The van der Waals surface area contributed by atoms with E-state index in [1.165, 1.54) is 5.56 Å². The summed E-state index contributed by atoms with van der Waals surface area (Å²) in [5, 5.41) is 6.23. The SMILES string of the molecule is CCCC(NC(=O)CN1CCN(CC(=O)NC2CC2)CC1)c1ccccc1. The normalized spacial score (nSPS) is 19.4. The highest BCUT2D eigenvalue weighted by atomic mass is 16.2. The molecular formula is C21H32N4O2. The first-order valence-electron chi connectivity index (χ1n) is 10.2. The summed E-state index contributed by atoms with van der Waals surface area (Å²) >= 11 is 0. The number of hydrogen-bond acceptors (Lipinski definition) is 4. The fraction of sp³-hybridized carbons (Fsp3) is 0.619. The van der Waals surface area contributed by atoms with Gasteiger partial charge in [0.05, 0.1) is 19.1 Å². The van der Waals surface area contributed by atoms with Crippen molar-refractivity contribution in [2.24, 2.45) is 0 Å². The van der Waals surface area contributed by atoms with Gasteiger partial charge in [0.1, 0.15) is 0 Å². The first-order chi connectivity index (χ1) is 13.1. The Morgan fingerprint density at radius 3 is 2.15 bits per heavy atom. The van der Waals surface area contributed by atoms with Crippen molar-refractivity contribution in [2.45, 2.75) is 44.7 Å². The van der Waals surface area contributed by atoms with Gasteiger partial charge in [-0.1, -0.05) is 43.7 Å². The molecule has 27 heavy (non-hydrogen) atoms. The topological polar surface area (TPSA) is 64.7 Å². The maximum atomic E-state index is 12.5. The zero-order valence-electron chi connectivity index (χ0n) is 16.3. The molecule has 148 valence electrons. The Kier molecular flexibility index (Phi) is 7.24. The number of rotatable bonds is 9. The molecule has 2 amide bonds. The van der Waals surface area contributed by atoms with Gasteiger partial charge in [0.2, 0.25) is 11.8 Å². The fourth-order valence-electron chi connectivity index (χ4n) is 3.55. The summed E-state index contributed by atoms with van der Waals surface area (Å²) in [5.74, 6) is 0.214. The second-order valence-corrected chi connectivity index (χ2v) is 7.71. The molecule has 1 unspecified atom stereocenters. The van der Waals surface area contributed by atoms with E-state index in [2.05, 4.69) is 39.5 Å². The summed E-state index contributed by atoms with van der Waals surface area (Å²) in [6.45, 7) is 6.37. The molecule has 1 heterocycles. The Hall–Kier alpha value is -1.92. The number of carbonyl (C=O) groups excluding carboxylic acids is 2. The molecule has 0 bridgehead atoms. The molecule has 0 aromatic heterocycles. The summed E-state index contributed by atoms with van der Waals surface area (Å²) in [6, 6.07) is 10.7. The van der Waals surface area contributed by atoms with Crippen LogP contribution in [0.4, 0.5) is 0 Å². The number of nitrogens with zero attached hydrogens (tertiary/aromatic N) is 2. The maximum absolute atomic E-state index is 12.5. The Morgan fingerprint density at radius 2 is 1.59 bits per heavy atom. The van der Waals surface area contributed by atoms with Gasteiger partial charge in [-0.3, -0.25) is 19.4 Å². The second kappa shape index (κ2) is 9.85. The molecule has 1 atom stereocenters. The lowest BCUT2D eigenvalue weighted by Gasteiger charge is -2.34. The largest absolute Gasteiger partial charge is 0.352 e. The lowest BCUT2D eigenvalue weighted by molar-refractivity contribution is -0.125. The van der Waals surface area contributed by atoms with Gasteiger partial charge in [-0.2, -0.15) is 0 Å². The van der Waals surface area contributed by atoms with Gasteiger partial charge in [-0.15, -0.1) is 0 Å². The summed E-state index contributed by atoms with van der Waals surface area (Å²) in [6.07, 6.45) is 4.22. The van der Waals surface area contributed by atoms with E-state index in [0.29, 0.717) is 19.1 Å². The zero-order chi connectivity index (χ0) is 19.1. The third-order valence-corrected chi connectivity index (χ3v) is 5.26. The molecule has 1 aromatic rings. The van der Waals surface area contributed by atoms with Crippen LogP contribution in [0, 0.1) is 0 Å². The predicted octanol–water partition coefficient (Wildman–Crippen LogP) is 1.54. The standard InChI is InChI=1S/C21H32N4O2/c1-2-6-19(17-7-4-3-5-8-17)23-21(27)16-25-13-11-24(12-14-25)15-20(26)22-18-9-10-18/h3-5,7-8,18-19H,2,6,9-16H2,1H3,(H,22,26)(H,23,27). The van der Waals surface area contributed by atoms with Crippen molar-refractivity contribution in [1.29, 1.82) is 0 Å². The molecule has 2 N–H and O–H groups in total. The summed E-state index contributed by atoms with van der Waals surface area (Å²) in [5.41, 5.74) is 1.17. The molecule has 6 nitrogen and oxygen atoms in total. The minimum atomic E-state index is 0.0797. The van der Waals surface area contributed by atoms with Gasteiger partial charge in [0.25, 0.3) is 0 Å². The van der Waals surface area contributed by atoms with Crippen molar-refractivity contribution in [2.75, 3.05) is 39.3 Å². The van der Waals surface area contributed by atoms with Crippen LogP contribution in [-0.2, 0) is 9.59 Å². The third kappa shape index (κ3) is 6.63. The van der Waals surface area contributed by atoms with Crippen LogP contribution in [0.5, 0.6) is 0 Å². The molecule has 1 aliphatic heterocycles. The second-order valence-electron chi connectivity index (χ2n) is 7.71. The summed E-state index contributed by atoms with van der Waals surface area (Å²) < 4.78 is 0. The van der Waals surface area contributed by atoms with Gasteiger partial charge in [0.15, 0.2) is 0 Å². The Bertz CT molecular complexity index is 610. The smallest absolute Gasteiger partial charge is 0.234 e. The monoisotopic (exact) mass is 372 g/mol. The lowest BCUT2D eigenvalue weighted by atomic mass is 10.0. The quantitative estimate of drug-likeness (QED) is 0.690. The van der Waals surface area contributed by atoms with Crippen LogP contribution in [0.25, 0.3) is 0 Å². The average Bonchev–Trinajstić information content (AvgIpc) is 3.47. The zero-order valence-corrected chi connectivity index (χ0v) is 16.3. The van der Waals surface area contributed by atoms with Crippen LogP contribution >= 0.6 is 0 Å². The van der Waals surface area contributed by atoms with E-state index >= 15 is 0 Å².